The zero-order chi connectivity index (χ0) is 19.2. The largest absolute Gasteiger partial charge is 0.482 e. The highest BCUT2D eigenvalue weighted by Gasteiger charge is 2.15. The van der Waals surface area contributed by atoms with Crippen molar-refractivity contribution in [1.29, 1.82) is 0 Å². The van der Waals surface area contributed by atoms with E-state index in [0.717, 1.165) is 5.56 Å². The fourth-order valence-corrected chi connectivity index (χ4v) is 2.46. The summed E-state index contributed by atoms with van der Waals surface area (Å²) >= 11 is 0. The summed E-state index contributed by atoms with van der Waals surface area (Å²) in [5.41, 5.74) is 5.03. The monoisotopic (exact) mass is 366 g/mol. The molecule has 3 rings (SSSR count). The summed E-state index contributed by atoms with van der Waals surface area (Å²) in [7, 11) is 1.30. The maximum atomic E-state index is 12.4. The van der Waals surface area contributed by atoms with E-state index in [0.29, 0.717) is 22.8 Å². The third-order valence-corrected chi connectivity index (χ3v) is 3.76. The van der Waals surface area contributed by atoms with Gasteiger partial charge in [-0.3, -0.25) is 9.20 Å². The molecule has 0 saturated heterocycles. The molecule has 2 aromatic heterocycles. The van der Waals surface area contributed by atoms with Crippen molar-refractivity contribution in [3.8, 4) is 5.75 Å². The molecule has 0 fully saturated rings. The number of amides is 1. The first-order valence-corrected chi connectivity index (χ1v) is 8.15. The zero-order valence-electron chi connectivity index (χ0n) is 14.9. The Balaban J connectivity index is 1.62. The van der Waals surface area contributed by atoms with Gasteiger partial charge in [0.2, 0.25) is 0 Å². The Morgan fingerprint density at radius 1 is 1.22 bits per heavy atom. The molecule has 0 radical (unpaired) electrons. The van der Waals surface area contributed by atoms with E-state index in [4.69, 9.17) is 4.74 Å². The van der Waals surface area contributed by atoms with E-state index in [1.54, 1.807) is 41.8 Å². The molecule has 27 heavy (non-hydrogen) atoms. The lowest BCUT2D eigenvalue weighted by Crippen LogP contribution is -2.20. The highest BCUT2D eigenvalue weighted by Crippen LogP contribution is 2.12. The van der Waals surface area contributed by atoms with Gasteiger partial charge >= 0.3 is 5.97 Å². The second-order valence-electron chi connectivity index (χ2n) is 5.61. The molecule has 2 heterocycles. The van der Waals surface area contributed by atoms with Gasteiger partial charge in [0.15, 0.2) is 6.61 Å². The molecule has 0 atom stereocenters. The van der Waals surface area contributed by atoms with Crippen molar-refractivity contribution < 1.29 is 19.1 Å². The fraction of sp³-hybridized carbons (Fsp3) is 0.158. The molecule has 138 valence electrons. The highest BCUT2D eigenvalue weighted by atomic mass is 16.6. The van der Waals surface area contributed by atoms with Crippen molar-refractivity contribution in [3.63, 3.8) is 0 Å². The summed E-state index contributed by atoms with van der Waals surface area (Å²) in [4.78, 5) is 27.8. The van der Waals surface area contributed by atoms with Crippen LogP contribution in [0.4, 0.5) is 0 Å². The van der Waals surface area contributed by atoms with E-state index in [1.165, 1.54) is 13.3 Å². The van der Waals surface area contributed by atoms with Crippen LogP contribution in [0.2, 0.25) is 0 Å². The number of pyridine rings is 1. The van der Waals surface area contributed by atoms with E-state index in [-0.39, 0.29) is 12.5 Å². The third kappa shape index (κ3) is 4.30. The molecule has 1 amide bonds. The minimum atomic E-state index is -0.453. The molecule has 3 aromatic rings. The molecule has 1 N–H and O–H groups in total. The van der Waals surface area contributed by atoms with Gasteiger partial charge in [-0.25, -0.2) is 15.2 Å². The number of hydrogen-bond donors (Lipinski definition) is 1. The standard InChI is InChI=1S/C19H18N4O4/c1-13-18(23-10-4-3-5-16(23)21-13)19(25)22-20-11-14-6-8-15(9-7-14)27-12-17(24)26-2/h3-11H,12H2,1-2H3,(H,22,25)/b20-11-. The molecule has 8 heteroatoms. The second-order valence-corrected chi connectivity index (χ2v) is 5.61. The lowest BCUT2D eigenvalue weighted by atomic mass is 10.2. The number of aryl methyl sites for hydroxylation is 1. The van der Waals surface area contributed by atoms with Gasteiger partial charge in [-0.15, -0.1) is 0 Å². The number of fused-ring (bicyclic) bond motifs is 1. The maximum absolute atomic E-state index is 12.4. The average Bonchev–Trinajstić information content (AvgIpc) is 3.02. The Morgan fingerprint density at radius 2 is 2.00 bits per heavy atom. The number of ether oxygens (including phenoxy) is 2. The molecular formula is C19H18N4O4. The minimum absolute atomic E-state index is 0.154. The normalized spacial score (nSPS) is 10.9. The van der Waals surface area contributed by atoms with E-state index >= 15 is 0 Å². The van der Waals surface area contributed by atoms with Gasteiger partial charge in [0.1, 0.15) is 17.1 Å². The predicted molar refractivity (Wildman–Crippen MR) is 98.9 cm³/mol. The summed E-state index contributed by atoms with van der Waals surface area (Å²) in [5, 5.41) is 3.98. The van der Waals surface area contributed by atoms with Crippen LogP contribution in [0.5, 0.6) is 5.75 Å². The van der Waals surface area contributed by atoms with Crippen LogP contribution in [0.15, 0.2) is 53.8 Å². The van der Waals surface area contributed by atoms with Crippen LogP contribution in [0.3, 0.4) is 0 Å². The molecule has 0 spiro atoms. The molecule has 1 aromatic carbocycles. The van der Waals surface area contributed by atoms with Gasteiger partial charge in [-0.2, -0.15) is 5.10 Å². The molecule has 0 saturated carbocycles. The van der Waals surface area contributed by atoms with Gasteiger partial charge in [-0.1, -0.05) is 6.07 Å². The van der Waals surface area contributed by atoms with Crippen LogP contribution in [-0.2, 0) is 9.53 Å². The summed E-state index contributed by atoms with van der Waals surface area (Å²) in [5.74, 6) is -0.269. The van der Waals surface area contributed by atoms with Gasteiger partial charge in [-0.05, 0) is 48.9 Å². The van der Waals surface area contributed by atoms with Gasteiger partial charge in [0, 0.05) is 6.20 Å². The van der Waals surface area contributed by atoms with E-state index in [9.17, 15) is 9.59 Å². The molecule has 8 nitrogen and oxygen atoms in total. The number of imidazole rings is 1. The molecule has 0 bridgehead atoms. The van der Waals surface area contributed by atoms with Crippen molar-refractivity contribution in [3.05, 3.63) is 65.6 Å². The van der Waals surface area contributed by atoms with Crippen molar-refractivity contribution in [2.45, 2.75) is 6.92 Å². The Hall–Kier alpha value is -3.68. The Kier molecular flexibility index (Phi) is 5.46. The predicted octanol–water partition coefficient (Wildman–Crippen LogP) is 1.96. The number of methoxy groups -OCH3 is 1. The van der Waals surface area contributed by atoms with E-state index in [1.807, 2.05) is 18.2 Å². The van der Waals surface area contributed by atoms with Gasteiger partial charge in [0.05, 0.1) is 19.0 Å². The fourth-order valence-electron chi connectivity index (χ4n) is 2.46. The molecule has 0 aliphatic rings. The zero-order valence-corrected chi connectivity index (χ0v) is 14.9. The minimum Gasteiger partial charge on any atom is -0.482 e. The van der Waals surface area contributed by atoms with Crippen molar-refractivity contribution in [2.75, 3.05) is 13.7 Å². The molecule has 0 aliphatic heterocycles. The number of nitrogens with one attached hydrogen (secondary N) is 1. The van der Waals surface area contributed by atoms with Crippen LogP contribution >= 0.6 is 0 Å². The third-order valence-electron chi connectivity index (χ3n) is 3.76. The molecular weight excluding hydrogens is 348 g/mol. The Labute approximate surface area is 155 Å². The smallest absolute Gasteiger partial charge is 0.343 e. The van der Waals surface area contributed by atoms with Crippen LogP contribution in [0, 0.1) is 6.92 Å². The summed E-state index contributed by atoms with van der Waals surface area (Å²) in [6, 6.07) is 12.4. The Bertz CT molecular complexity index is 993. The summed E-state index contributed by atoms with van der Waals surface area (Å²) in [6.45, 7) is 1.62. The summed E-state index contributed by atoms with van der Waals surface area (Å²) < 4.78 is 11.5. The number of esters is 1. The SMILES string of the molecule is COC(=O)COc1ccc(/C=N\NC(=O)c2c(C)nc3ccccn23)cc1. The van der Waals surface area contributed by atoms with Crippen molar-refractivity contribution >= 4 is 23.7 Å². The quantitative estimate of drug-likeness (QED) is 0.409. The highest BCUT2D eigenvalue weighted by molar-refractivity contribution is 5.95. The van der Waals surface area contributed by atoms with Gasteiger partial charge < -0.3 is 9.47 Å². The maximum Gasteiger partial charge on any atom is 0.343 e. The molecule has 0 aliphatic carbocycles. The average molecular weight is 366 g/mol. The first-order valence-electron chi connectivity index (χ1n) is 8.15. The second kappa shape index (κ2) is 8.13. The number of benzene rings is 1. The first-order chi connectivity index (χ1) is 13.1. The summed E-state index contributed by atoms with van der Waals surface area (Å²) in [6.07, 6.45) is 3.29. The number of nitrogens with zero attached hydrogens (tertiary/aromatic N) is 3. The van der Waals surface area contributed by atoms with Crippen LogP contribution in [-0.4, -0.2) is 41.2 Å². The number of carbonyl (C=O) groups is 2. The lowest BCUT2D eigenvalue weighted by molar-refractivity contribution is -0.142. The number of hydrazone groups is 1. The lowest BCUT2D eigenvalue weighted by Gasteiger charge is -2.04. The van der Waals surface area contributed by atoms with Crippen LogP contribution in [0.25, 0.3) is 5.65 Å². The van der Waals surface area contributed by atoms with Crippen LogP contribution < -0.4 is 10.2 Å². The number of rotatable bonds is 6. The van der Waals surface area contributed by atoms with Gasteiger partial charge in [0.25, 0.3) is 5.91 Å². The van der Waals surface area contributed by atoms with E-state index in [2.05, 4.69) is 20.2 Å². The first kappa shape index (κ1) is 18.1. The number of hydrogen-bond acceptors (Lipinski definition) is 6. The van der Waals surface area contributed by atoms with Crippen LogP contribution in [0.1, 0.15) is 21.7 Å². The number of aromatic nitrogens is 2. The number of carbonyl (C=O) groups excluding carboxylic acids is 2. The topological polar surface area (TPSA) is 94.3 Å². The molecule has 0 unspecified atom stereocenters. The van der Waals surface area contributed by atoms with Crippen molar-refractivity contribution in [1.82, 2.24) is 14.8 Å². The van der Waals surface area contributed by atoms with Crippen molar-refractivity contribution in [2.24, 2.45) is 5.10 Å². The van der Waals surface area contributed by atoms with E-state index < -0.39 is 5.97 Å². The Morgan fingerprint density at radius 3 is 2.74 bits per heavy atom.